The largest absolute Gasteiger partial charge is 0.304 e. The van der Waals surface area contributed by atoms with E-state index in [1.165, 1.54) is 4.88 Å². The molecule has 0 saturated carbocycles. The Bertz CT molecular complexity index is 500. The first-order chi connectivity index (χ1) is 8.63. The van der Waals surface area contributed by atoms with Gasteiger partial charge >= 0.3 is 0 Å². The van der Waals surface area contributed by atoms with Gasteiger partial charge in [-0.3, -0.25) is 4.68 Å². The molecule has 98 valence electrons. The van der Waals surface area contributed by atoms with E-state index in [0.29, 0.717) is 0 Å². The first-order valence-corrected chi connectivity index (χ1v) is 7.57. The molecule has 0 aromatic carbocycles. The van der Waals surface area contributed by atoms with Gasteiger partial charge in [-0.25, -0.2) is 4.98 Å². The minimum absolute atomic E-state index is 0.151. The molecule has 1 atom stereocenters. The fourth-order valence-corrected chi connectivity index (χ4v) is 3.32. The zero-order chi connectivity index (χ0) is 13.1. The minimum atomic E-state index is 0.151. The summed E-state index contributed by atoms with van der Waals surface area (Å²) in [6.07, 6.45) is 4.89. The number of nitrogens with zero attached hydrogens (tertiary/aromatic N) is 3. The fourth-order valence-electron chi connectivity index (χ4n) is 1.88. The lowest BCUT2D eigenvalue weighted by Gasteiger charge is -2.17. The summed E-state index contributed by atoms with van der Waals surface area (Å²) in [7, 11) is 1.97. The molecule has 0 fully saturated rings. The molecular formula is C12H17BrN4S. The van der Waals surface area contributed by atoms with Gasteiger partial charge in [0.25, 0.3) is 0 Å². The Kier molecular flexibility index (Phi) is 4.53. The third kappa shape index (κ3) is 2.81. The second-order valence-electron chi connectivity index (χ2n) is 4.17. The van der Waals surface area contributed by atoms with Crippen molar-refractivity contribution in [3.8, 4) is 0 Å². The average molecular weight is 329 g/mol. The van der Waals surface area contributed by atoms with Gasteiger partial charge in [-0.05, 0) is 35.8 Å². The van der Waals surface area contributed by atoms with E-state index >= 15 is 0 Å². The molecule has 4 nitrogen and oxygen atoms in total. The molecule has 0 spiro atoms. The van der Waals surface area contributed by atoms with Crippen molar-refractivity contribution in [3.63, 3.8) is 0 Å². The number of aryl methyl sites for hydroxylation is 2. The summed E-state index contributed by atoms with van der Waals surface area (Å²) in [5, 5.41) is 8.94. The van der Waals surface area contributed by atoms with E-state index in [0.717, 1.165) is 28.1 Å². The van der Waals surface area contributed by atoms with Crippen molar-refractivity contribution in [2.75, 3.05) is 6.54 Å². The van der Waals surface area contributed by atoms with Crippen LogP contribution in [0.2, 0.25) is 0 Å². The topological polar surface area (TPSA) is 42.7 Å². The van der Waals surface area contributed by atoms with Crippen molar-refractivity contribution in [2.24, 2.45) is 7.05 Å². The van der Waals surface area contributed by atoms with Crippen LogP contribution >= 0.6 is 27.3 Å². The van der Waals surface area contributed by atoms with Crippen molar-refractivity contribution in [3.05, 3.63) is 32.4 Å². The molecule has 2 heterocycles. The maximum absolute atomic E-state index is 4.35. The Labute approximate surface area is 120 Å². The number of thiazole rings is 1. The first kappa shape index (κ1) is 13.7. The van der Waals surface area contributed by atoms with Crippen molar-refractivity contribution < 1.29 is 0 Å². The van der Waals surface area contributed by atoms with Gasteiger partial charge in [0.15, 0.2) is 0 Å². The molecule has 0 radical (unpaired) electrons. The van der Waals surface area contributed by atoms with Crippen LogP contribution < -0.4 is 5.32 Å². The maximum Gasteiger partial charge on any atom is 0.0897 e. The molecule has 18 heavy (non-hydrogen) atoms. The van der Waals surface area contributed by atoms with Crippen LogP contribution in [0.3, 0.4) is 0 Å². The second-order valence-corrected chi connectivity index (χ2v) is 6.29. The highest BCUT2D eigenvalue weighted by Gasteiger charge is 2.21. The van der Waals surface area contributed by atoms with Crippen molar-refractivity contribution in [1.29, 1.82) is 0 Å². The molecule has 6 heteroatoms. The predicted octanol–water partition coefficient (Wildman–Crippen LogP) is 3.04. The van der Waals surface area contributed by atoms with Crippen LogP contribution in [0.5, 0.6) is 0 Å². The van der Waals surface area contributed by atoms with Crippen molar-refractivity contribution >= 4 is 27.3 Å². The highest BCUT2D eigenvalue weighted by molar-refractivity contribution is 9.10. The maximum atomic E-state index is 4.35. The molecule has 0 aliphatic heterocycles. The van der Waals surface area contributed by atoms with Crippen LogP contribution in [0.4, 0.5) is 0 Å². The lowest BCUT2D eigenvalue weighted by Crippen LogP contribution is -2.24. The van der Waals surface area contributed by atoms with Crippen LogP contribution in [0, 0.1) is 6.92 Å². The van der Waals surface area contributed by atoms with E-state index in [-0.39, 0.29) is 6.04 Å². The van der Waals surface area contributed by atoms with E-state index in [1.807, 2.05) is 31.0 Å². The summed E-state index contributed by atoms with van der Waals surface area (Å²) in [4.78, 5) is 5.58. The quantitative estimate of drug-likeness (QED) is 0.917. The highest BCUT2D eigenvalue weighted by Crippen LogP contribution is 2.31. The third-order valence-corrected chi connectivity index (χ3v) is 4.32. The predicted molar refractivity (Wildman–Crippen MR) is 77.9 cm³/mol. The number of hydrogen-bond donors (Lipinski definition) is 1. The molecule has 0 aliphatic carbocycles. The minimum Gasteiger partial charge on any atom is -0.304 e. The lowest BCUT2D eigenvalue weighted by molar-refractivity contribution is 0.557. The summed E-state index contributed by atoms with van der Waals surface area (Å²) in [6.45, 7) is 5.17. The Balaban J connectivity index is 2.36. The van der Waals surface area contributed by atoms with Gasteiger partial charge in [0.1, 0.15) is 0 Å². The summed E-state index contributed by atoms with van der Waals surface area (Å²) >= 11 is 5.30. The molecule has 2 aromatic heterocycles. The lowest BCUT2D eigenvalue weighted by atomic mass is 10.2. The number of halogens is 1. The molecule has 0 saturated heterocycles. The van der Waals surface area contributed by atoms with Crippen molar-refractivity contribution in [1.82, 2.24) is 20.1 Å². The summed E-state index contributed by atoms with van der Waals surface area (Å²) in [6, 6.07) is 0.151. The standard InChI is InChI=1S/C12H17BrN4S/c1-4-5-14-11(10-7-15-8(2)18-10)12-9(13)6-16-17(12)3/h6-7,11,14H,4-5H2,1-3H3. The third-order valence-electron chi connectivity index (χ3n) is 2.73. The molecule has 0 aliphatic rings. The molecule has 2 rings (SSSR count). The fraction of sp³-hybridized carbons (Fsp3) is 0.500. The Morgan fingerprint density at radius 1 is 1.50 bits per heavy atom. The van der Waals surface area contributed by atoms with Crippen LogP contribution in [-0.4, -0.2) is 21.3 Å². The molecule has 2 aromatic rings. The van der Waals surface area contributed by atoms with E-state index in [4.69, 9.17) is 0 Å². The van der Waals surface area contributed by atoms with Gasteiger partial charge in [0, 0.05) is 18.1 Å². The molecule has 1 unspecified atom stereocenters. The zero-order valence-corrected chi connectivity index (χ0v) is 13.2. The van der Waals surface area contributed by atoms with Crippen LogP contribution in [0.15, 0.2) is 16.9 Å². The van der Waals surface area contributed by atoms with E-state index < -0.39 is 0 Å². The SMILES string of the molecule is CCCNC(c1cnc(C)s1)c1c(Br)cnn1C. The molecule has 0 bridgehead atoms. The molecular weight excluding hydrogens is 312 g/mol. The number of hydrogen-bond acceptors (Lipinski definition) is 4. The van der Waals surface area contributed by atoms with Gasteiger partial charge in [-0.1, -0.05) is 6.92 Å². The normalized spacial score (nSPS) is 12.9. The second kappa shape index (κ2) is 5.95. The van der Waals surface area contributed by atoms with Crippen LogP contribution in [0.25, 0.3) is 0 Å². The van der Waals surface area contributed by atoms with E-state index in [9.17, 15) is 0 Å². The smallest absolute Gasteiger partial charge is 0.0897 e. The number of rotatable bonds is 5. The summed E-state index contributed by atoms with van der Waals surface area (Å²) in [5.41, 5.74) is 1.15. The van der Waals surface area contributed by atoms with Gasteiger partial charge < -0.3 is 5.32 Å². The van der Waals surface area contributed by atoms with Gasteiger partial charge in [-0.2, -0.15) is 5.10 Å². The number of nitrogens with one attached hydrogen (secondary N) is 1. The highest BCUT2D eigenvalue weighted by atomic mass is 79.9. The van der Waals surface area contributed by atoms with Crippen LogP contribution in [-0.2, 0) is 7.05 Å². The van der Waals surface area contributed by atoms with E-state index in [1.54, 1.807) is 11.3 Å². The average Bonchev–Trinajstić information content (AvgIpc) is 2.90. The van der Waals surface area contributed by atoms with Gasteiger partial charge in [0.2, 0.25) is 0 Å². The first-order valence-electron chi connectivity index (χ1n) is 5.96. The summed E-state index contributed by atoms with van der Waals surface area (Å²) < 4.78 is 2.94. The Morgan fingerprint density at radius 3 is 2.78 bits per heavy atom. The summed E-state index contributed by atoms with van der Waals surface area (Å²) in [5.74, 6) is 0. The Morgan fingerprint density at radius 2 is 2.28 bits per heavy atom. The zero-order valence-electron chi connectivity index (χ0n) is 10.8. The monoisotopic (exact) mass is 328 g/mol. The molecule has 0 amide bonds. The number of aromatic nitrogens is 3. The van der Waals surface area contributed by atoms with Gasteiger partial charge in [-0.15, -0.1) is 11.3 Å². The van der Waals surface area contributed by atoms with Crippen LogP contribution in [0.1, 0.15) is 35.0 Å². The Hall–Kier alpha value is -0.720. The van der Waals surface area contributed by atoms with Gasteiger partial charge in [0.05, 0.1) is 27.4 Å². The van der Waals surface area contributed by atoms with Crippen molar-refractivity contribution in [2.45, 2.75) is 26.3 Å². The van der Waals surface area contributed by atoms with E-state index in [2.05, 4.69) is 38.3 Å². The molecule has 1 N–H and O–H groups in total.